The molecule has 5 heteroatoms. The maximum absolute atomic E-state index is 12.5. The average Bonchev–Trinajstić information content (AvgIpc) is 2.72. The van der Waals surface area contributed by atoms with Gasteiger partial charge in [0.05, 0.1) is 16.8 Å². The first-order chi connectivity index (χ1) is 11.3. The number of rotatable bonds is 5. The van der Waals surface area contributed by atoms with Crippen molar-refractivity contribution in [1.29, 1.82) is 0 Å². The number of nitrogens with zero attached hydrogens (tertiary/aromatic N) is 2. The van der Waals surface area contributed by atoms with Crippen LogP contribution in [0.25, 0.3) is 11.0 Å². The predicted molar refractivity (Wildman–Crippen MR) is 96.6 cm³/mol. The van der Waals surface area contributed by atoms with Gasteiger partial charge in [-0.25, -0.2) is 4.98 Å². The summed E-state index contributed by atoms with van der Waals surface area (Å²) in [5.74, 6) is 1.92. The minimum atomic E-state index is 0.113. The van der Waals surface area contributed by atoms with Crippen LogP contribution in [0.4, 0.5) is 0 Å². The van der Waals surface area contributed by atoms with Crippen LogP contribution < -0.4 is 5.32 Å². The fraction of sp³-hybridized carbons (Fsp3) is 0.556. The first-order valence-electron chi connectivity index (χ1n) is 8.50. The van der Waals surface area contributed by atoms with Gasteiger partial charge in [-0.05, 0) is 31.2 Å². The quantitative estimate of drug-likeness (QED) is 0.849. The number of amides is 1. The van der Waals surface area contributed by atoms with Gasteiger partial charge in [-0.3, -0.25) is 4.79 Å². The smallest absolute Gasteiger partial charge is 0.240 e. The molecule has 1 aliphatic rings. The van der Waals surface area contributed by atoms with E-state index in [0.717, 1.165) is 35.5 Å². The second-order valence-corrected chi connectivity index (χ2v) is 7.16. The average molecular weight is 331 g/mol. The highest BCUT2D eigenvalue weighted by molar-refractivity contribution is 7.97. The van der Waals surface area contributed by atoms with E-state index in [9.17, 15) is 4.79 Å². The lowest BCUT2D eigenvalue weighted by Crippen LogP contribution is -2.36. The molecule has 0 saturated heterocycles. The Balaban J connectivity index is 1.74. The van der Waals surface area contributed by atoms with Crippen molar-refractivity contribution in [3.8, 4) is 0 Å². The SMILES string of the molecule is CSCc1nc2ccccc2n1CC(=O)NC1CCCCCC1. The molecule has 0 spiro atoms. The number of fused-ring (bicyclic) bond motifs is 1. The van der Waals surface area contributed by atoms with Gasteiger partial charge in [-0.15, -0.1) is 0 Å². The predicted octanol–water partition coefficient (Wildman–Crippen LogP) is 3.74. The van der Waals surface area contributed by atoms with Crippen molar-refractivity contribution in [2.24, 2.45) is 0 Å². The highest BCUT2D eigenvalue weighted by Gasteiger charge is 2.17. The molecule has 3 rings (SSSR count). The maximum Gasteiger partial charge on any atom is 0.240 e. The minimum Gasteiger partial charge on any atom is -0.352 e. The molecule has 1 N–H and O–H groups in total. The summed E-state index contributed by atoms with van der Waals surface area (Å²) in [5.41, 5.74) is 2.02. The topological polar surface area (TPSA) is 46.9 Å². The zero-order valence-electron chi connectivity index (χ0n) is 13.8. The largest absolute Gasteiger partial charge is 0.352 e. The molecule has 0 aliphatic heterocycles. The lowest BCUT2D eigenvalue weighted by Gasteiger charge is -2.17. The lowest BCUT2D eigenvalue weighted by molar-refractivity contribution is -0.122. The summed E-state index contributed by atoms with van der Waals surface area (Å²) in [4.78, 5) is 17.2. The van der Waals surface area contributed by atoms with Crippen LogP contribution >= 0.6 is 11.8 Å². The molecule has 1 fully saturated rings. The number of aromatic nitrogens is 2. The van der Waals surface area contributed by atoms with E-state index in [-0.39, 0.29) is 5.91 Å². The molecule has 4 nitrogen and oxygen atoms in total. The van der Waals surface area contributed by atoms with E-state index in [1.165, 1.54) is 25.7 Å². The standard InChI is InChI=1S/C18H25N3OS/c1-23-13-17-20-15-10-6-7-11-16(15)21(17)12-18(22)19-14-8-4-2-3-5-9-14/h6-7,10-11,14H,2-5,8-9,12-13H2,1H3,(H,19,22). The highest BCUT2D eigenvalue weighted by Crippen LogP contribution is 2.20. The summed E-state index contributed by atoms with van der Waals surface area (Å²) < 4.78 is 2.07. The first-order valence-corrected chi connectivity index (χ1v) is 9.90. The molecule has 1 heterocycles. The molecule has 1 saturated carbocycles. The monoisotopic (exact) mass is 331 g/mol. The molecular formula is C18H25N3OS. The van der Waals surface area contributed by atoms with Crippen LogP contribution in [0, 0.1) is 0 Å². The summed E-state index contributed by atoms with van der Waals surface area (Å²) in [5, 5.41) is 3.24. The van der Waals surface area contributed by atoms with Gasteiger partial charge in [-0.1, -0.05) is 37.8 Å². The molecule has 0 atom stereocenters. The molecule has 0 unspecified atom stereocenters. The fourth-order valence-electron chi connectivity index (χ4n) is 3.38. The van der Waals surface area contributed by atoms with Gasteiger partial charge in [0.15, 0.2) is 0 Å². The van der Waals surface area contributed by atoms with Crippen molar-refractivity contribution in [2.75, 3.05) is 6.26 Å². The maximum atomic E-state index is 12.5. The molecule has 0 radical (unpaired) electrons. The molecule has 23 heavy (non-hydrogen) atoms. The summed E-state index contributed by atoms with van der Waals surface area (Å²) in [6, 6.07) is 8.41. The number of hydrogen-bond donors (Lipinski definition) is 1. The van der Waals surface area contributed by atoms with Crippen molar-refractivity contribution < 1.29 is 4.79 Å². The zero-order valence-corrected chi connectivity index (χ0v) is 14.6. The summed E-state index contributed by atoms with van der Waals surface area (Å²) in [6.45, 7) is 0.368. The van der Waals surface area contributed by atoms with Crippen molar-refractivity contribution >= 4 is 28.7 Å². The van der Waals surface area contributed by atoms with Gasteiger partial charge in [0.1, 0.15) is 12.4 Å². The van der Waals surface area contributed by atoms with Crippen LogP contribution in [0.1, 0.15) is 44.3 Å². The van der Waals surface area contributed by atoms with Crippen LogP contribution in [0.2, 0.25) is 0 Å². The van der Waals surface area contributed by atoms with E-state index < -0.39 is 0 Å². The third-order valence-electron chi connectivity index (χ3n) is 4.53. The normalized spacial score (nSPS) is 16.4. The van der Waals surface area contributed by atoms with Crippen LogP contribution in [0.3, 0.4) is 0 Å². The number of hydrogen-bond acceptors (Lipinski definition) is 3. The van der Waals surface area contributed by atoms with Gasteiger partial charge in [0.2, 0.25) is 5.91 Å². The molecule has 2 aromatic rings. The zero-order chi connectivity index (χ0) is 16.1. The number of thioether (sulfide) groups is 1. The Morgan fingerprint density at radius 1 is 1.26 bits per heavy atom. The van der Waals surface area contributed by atoms with Crippen molar-refractivity contribution in [3.05, 3.63) is 30.1 Å². The Kier molecular flexibility index (Phi) is 5.60. The highest BCUT2D eigenvalue weighted by atomic mass is 32.2. The molecular weight excluding hydrogens is 306 g/mol. The second kappa shape index (κ2) is 7.86. The summed E-state index contributed by atoms with van der Waals surface area (Å²) >= 11 is 1.73. The van der Waals surface area contributed by atoms with Gasteiger partial charge in [0, 0.05) is 6.04 Å². The van der Waals surface area contributed by atoms with Crippen LogP contribution in [-0.2, 0) is 17.1 Å². The van der Waals surface area contributed by atoms with Gasteiger partial charge in [0.25, 0.3) is 0 Å². The number of para-hydroxylation sites is 2. The molecule has 1 amide bonds. The third kappa shape index (κ3) is 4.08. The fourth-order valence-corrected chi connectivity index (χ4v) is 3.86. The summed E-state index contributed by atoms with van der Waals surface area (Å²) in [7, 11) is 0. The van der Waals surface area contributed by atoms with Crippen LogP contribution in [0.5, 0.6) is 0 Å². The van der Waals surface area contributed by atoms with E-state index in [0.29, 0.717) is 12.6 Å². The van der Waals surface area contributed by atoms with Gasteiger partial charge >= 0.3 is 0 Å². The van der Waals surface area contributed by atoms with Gasteiger partial charge < -0.3 is 9.88 Å². The van der Waals surface area contributed by atoms with Crippen molar-refractivity contribution in [3.63, 3.8) is 0 Å². The molecule has 0 bridgehead atoms. The first kappa shape index (κ1) is 16.4. The van der Waals surface area contributed by atoms with E-state index in [1.54, 1.807) is 11.8 Å². The number of carbonyl (C=O) groups is 1. The van der Waals surface area contributed by atoms with Crippen LogP contribution in [-0.4, -0.2) is 27.8 Å². The number of imidazole rings is 1. The molecule has 1 aliphatic carbocycles. The Morgan fingerprint density at radius 2 is 2.00 bits per heavy atom. The Bertz CT molecular complexity index is 659. The van der Waals surface area contributed by atoms with Crippen LogP contribution in [0.15, 0.2) is 24.3 Å². The van der Waals surface area contributed by atoms with E-state index >= 15 is 0 Å². The van der Waals surface area contributed by atoms with Gasteiger partial charge in [-0.2, -0.15) is 11.8 Å². The Hall–Kier alpha value is -1.49. The molecule has 124 valence electrons. The number of benzene rings is 1. The Morgan fingerprint density at radius 3 is 2.74 bits per heavy atom. The van der Waals surface area contributed by atoms with Crippen molar-refractivity contribution in [2.45, 2.75) is 56.9 Å². The van der Waals surface area contributed by atoms with E-state index in [4.69, 9.17) is 0 Å². The lowest BCUT2D eigenvalue weighted by atomic mass is 10.1. The third-order valence-corrected chi connectivity index (χ3v) is 5.08. The molecule has 1 aromatic carbocycles. The molecule has 1 aromatic heterocycles. The van der Waals surface area contributed by atoms with E-state index in [1.807, 2.05) is 24.3 Å². The Labute approximate surface area is 142 Å². The summed E-state index contributed by atoms with van der Waals surface area (Å²) in [6.07, 6.45) is 9.37. The van der Waals surface area contributed by atoms with Crippen molar-refractivity contribution in [1.82, 2.24) is 14.9 Å². The second-order valence-electron chi connectivity index (χ2n) is 6.29. The number of carbonyl (C=O) groups excluding carboxylic acids is 1. The van der Waals surface area contributed by atoms with E-state index in [2.05, 4.69) is 21.1 Å². The number of nitrogens with one attached hydrogen (secondary N) is 1. The minimum absolute atomic E-state index is 0.113.